The Hall–Kier alpha value is -2.00. The van der Waals surface area contributed by atoms with Gasteiger partial charge in [0.15, 0.2) is 0 Å². The monoisotopic (exact) mass is 330 g/mol. The van der Waals surface area contributed by atoms with Gasteiger partial charge >= 0.3 is 0 Å². The smallest absolute Gasteiger partial charge is 0.251 e. The molecule has 3 nitrogen and oxygen atoms in total. The molecular formula is C19H23ClN2O. The Morgan fingerprint density at radius 2 is 1.87 bits per heavy atom. The fourth-order valence-corrected chi connectivity index (χ4v) is 3.36. The summed E-state index contributed by atoms with van der Waals surface area (Å²) in [5, 5.41) is 3.22. The zero-order valence-electron chi connectivity index (χ0n) is 13.3. The van der Waals surface area contributed by atoms with Crippen molar-refractivity contribution in [3.63, 3.8) is 0 Å². The van der Waals surface area contributed by atoms with Crippen LogP contribution in [0.15, 0.2) is 48.5 Å². The lowest BCUT2D eigenvalue weighted by molar-refractivity contribution is 0.0934. The minimum atomic E-state index is -0.0161. The molecule has 2 atom stereocenters. The van der Waals surface area contributed by atoms with E-state index in [4.69, 9.17) is 5.73 Å². The molecule has 4 heteroatoms. The maximum absolute atomic E-state index is 12.6. The van der Waals surface area contributed by atoms with Crippen LogP contribution in [0.1, 0.15) is 46.7 Å². The summed E-state index contributed by atoms with van der Waals surface area (Å²) in [5.74, 6) is 0.393. The maximum Gasteiger partial charge on any atom is 0.251 e. The fourth-order valence-electron chi connectivity index (χ4n) is 3.36. The van der Waals surface area contributed by atoms with E-state index in [2.05, 4.69) is 29.6 Å². The number of aryl methyl sites for hydroxylation is 1. The van der Waals surface area contributed by atoms with Crippen LogP contribution in [0, 0.1) is 6.92 Å². The number of anilines is 1. The molecule has 1 fully saturated rings. The van der Waals surface area contributed by atoms with Crippen LogP contribution in [0.25, 0.3) is 0 Å². The summed E-state index contributed by atoms with van der Waals surface area (Å²) in [6.45, 7) is 1.94. The number of benzene rings is 2. The number of nitrogens with one attached hydrogen (secondary N) is 1. The van der Waals surface area contributed by atoms with Crippen molar-refractivity contribution in [2.75, 3.05) is 5.73 Å². The lowest BCUT2D eigenvalue weighted by Crippen LogP contribution is -2.36. The van der Waals surface area contributed by atoms with Gasteiger partial charge in [-0.1, -0.05) is 42.8 Å². The van der Waals surface area contributed by atoms with E-state index in [0.717, 1.165) is 24.8 Å². The molecule has 0 aromatic heterocycles. The lowest BCUT2D eigenvalue weighted by Gasteiger charge is -2.22. The van der Waals surface area contributed by atoms with Gasteiger partial charge in [-0.3, -0.25) is 4.79 Å². The predicted octanol–water partition coefficient (Wildman–Crippen LogP) is 4.07. The highest BCUT2D eigenvalue weighted by Gasteiger charge is 2.30. The van der Waals surface area contributed by atoms with Crippen molar-refractivity contribution in [2.45, 2.75) is 38.1 Å². The number of amides is 1. The molecule has 122 valence electrons. The van der Waals surface area contributed by atoms with Crippen molar-refractivity contribution < 1.29 is 4.79 Å². The van der Waals surface area contributed by atoms with E-state index in [9.17, 15) is 4.79 Å². The van der Waals surface area contributed by atoms with Crippen LogP contribution in [-0.4, -0.2) is 11.9 Å². The van der Waals surface area contributed by atoms with E-state index in [-0.39, 0.29) is 24.4 Å². The van der Waals surface area contributed by atoms with E-state index >= 15 is 0 Å². The van der Waals surface area contributed by atoms with Crippen LogP contribution >= 0.6 is 12.4 Å². The topological polar surface area (TPSA) is 55.1 Å². The number of nitrogens with two attached hydrogens (primary N) is 1. The Balaban J connectivity index is 0.00000192. The van der Waals surface area contributed by atoms with Crippen molar-refractivity contribution in [1.82, 2.24) is 5.32 Å². The molecule has 0 bridgehead atoms. The molecule has 0 saturated heterocycles. The predicted molar refractivity (Wildman–Crippen MR) is 97.1 cm³/mol. The molecule has 23 heavy (non-hydrogen) atoms. The van der Waals surface area contributed by atoms with Gasteiger partial charge < -0.3 is 11.1 Å². The van der Waals surface area contributed by atoms with Crippen LogP contribution in [0.5, 0.6) is 0 Å². The van der Waals surface area contributed by atoms with Crippen LogP contribution in [-0.2, 0) is 0 Å². The summed E-state index contributed by atoms with van der Waals surface area (Å²) in [5.41, 5.74) is 9.39. The van der Waals surface area contributed by atoms with Gasteiger partial charge in [0.1, 0.15) is 0 Å². The van der Waals surface area contributed by atoms with Crippen molar-refractivity contribution in [3.05, 3.63) is 65.2 Å². The first kappa shape index (κ1) is 17.4. The summed E-state index contributed by atoms with van der Waals surface area (Å²) < 4.78 is 0. The Labute approximate surface area is 143 Å². The summed E-state index contributed by atoms with van der Waals surface area (Å²) >= 11 is 0. The second-order valence-corrected chi connectivity index (χ2v) is 6.10. The number of halogens is 1. The third-order valence-corrected chi connectivity index (χ3v) is 4.57. The molecule has 1 aliphatic carbocycles. The lowest BCUT2D eigenvalue weighted by atomic mass is 9.94. The van der Waals surface area contributed by atoms with Gasteiger partial charge in [0, 0.05) is 23.2 Å². The molecule has 2 unspecified atom stereocenters. The molecule has 3 N–H and O–H groups in total. The molecule has 0 radical (unpaired) electrons. The third kappa shape index (κ3) is 3.85. The summed E-state index contributed by atoms with van der Waals surface area (Å²) in [6, 6.07) is 16.2. The average Bonchev–Trinajstić information content (AvgIpc) is 2.98. The molecule has 0 spiro atoms. The summed E-state index contributed by atoms with van der Waals surface area (Å²) in [6.07, 6.45) is 3.32. The maximum atomic E-state index is 12.6. The van der Waals surface area contributed by atoms with Gasteiger partial charge in [0.05, 0.1) is 0 Å². The molecule has 2 aromatic carbocycles. The molecule has 2 aromatic rings. The highest BCUT2D eigenvalue weighted by atomic mass is 35.5. The number of carbonyl (C=O) groups excluding carboxylic acids is 1. The zero-order chi connectivity index (χ0) is 15.5. The molecule has 0 aliphatic heterocycles. The van der Waals surface area contributed by atoms with Crippen molar-refractivity contribution in [3.8, 4) is 0 Å². The van der Waals surface area contributed by atoms with Crippen LogP contribution in [0.3, 0.4) is 0 Å². The molecule has 3 rings (SSSR count). The van der Waals surface area contributed by atoms with Gasteiger partial charge in [-0.05, 0) is 43.0 Å². The average molecular weight is 331 g/mol. The van der Waals surface area contributed by atoms with Gasteiger partial charge in [-0.15, -0.1) is 12.4 Å². The Morgan fingerprint density at radius 3 is 2.61 bits per heavy atom. The van der Waals surface area contributed by atoms with Crippen molar-refractivity contribution in [1.29, 1.82) is 0 Å². The molecule has 0 heterocycles. The van der Waals surface area contributed by atoms with E-state index in [1.807, 2.05) is 25.1 Å². The quantitative estimate of drug-likeness (QED) is 0.834. The Kier molecular flexibility index (Phi) is 5.67. The summed E-state index contributed by atoms with van der Waals surface area (Å²) in [4.78, 5) is 12.6. The first-order chi connectivity index (χ1) is 10.6. The third-order valence-electron chi connectivity index (χ3n) is 4.57. The van der Waals surface area contributed by atoms with Crippen LogP contribution in [0.2, 0.25) is 0 Å². The second-order valence-electron chi connectivity index (χ2n) is 6.10. The van der Waals surface area contributed by atoms with Crippen molar-refractivity contribution >= 4 is 24.0 Å². The number of carbonyl (C=O) groups is 1. The second kappa shape index (κ2) is 7.51. The van der Waals surface area contributed by atoms with E-state index in [1.54, 1.807) is 6.07 Å². The minimum Gasteiger partial charge on any atom is -0.399 e. The molecular weight excluding hydrogens is 308 g/mol. The Bertz CT molecular complexity index is 672. The number of rotatable bonds is 3. The van der Waals surface area contributed by atoms with Gasteiger partial charge in [-0.2, -0.15) is 0 Å². The standard InChI is InChI=1S/C19H22N2O.ClH/c1-13-10-11-15(20)12-17(13)19(22)21-18-9-5-8-16(18)14-6-3-2-4-7-14;/h2-4,6-7,10-12,16,18H,5,8-9,20H2,1H3,(H,21,22);1H. The minimum absolute atomic E-state index is 0. The van der Waals surface area contributed by atoms with E-state index < -0.39 is 0 Å². The highest BCUT2D eigenvalue weighted by Crippen LogP contribution is 2.34. The summed E-state index contributed by atoms with van der Waals surface area (Å²) in [7, 11) is 0. The van der Waals surface area contributed by atoms with Gasteiger partial charge in [-0.25, -0.2) is 0 Å². The normalized spacial score (nSPS) is 19.9. The zero-order valence-corrected chi connectivity index (χ0v) is 14.1. The number of nitrogen functional groups attached to an aromatic ring is 1. The van der Waals surface area contributed by atoms with Gasteiger partial charge in [0.2, 0.25) is 0 Å². The first-order valence-electron chi connectivity index (χ1n) is 7.87. The molecule has 1 saturated carbocycles. The largest absolute Gasteiger partial charge is 0.399 e. The van der Waals surface area contributed by atoms with E-state index in [0.29, 0.717) is 17.2 Å². The van der Waals surface area contributed by atoms with Crippen LogP contribution < -0.4 is 11.1 Å². The fraction of sp³-hybridized carbons (Fsp3) is 0.316. The highest BCUT2D eigenvalue weighted by molar-refractivity contribution is 5.96. The van der Waals surface area contributed by atoms with Crippen molar-refractivity contribution in [2.24, 2.45) is 0 Å². The number of hydrogen-bond acceptors (Lipinski definition) is 2. The SMILES string of the molecule is Cc1ccc(N)cc1C(=O)NC1CCCC1c1ccccc1.Cl. The van der Waals surface area contributed by atoms with Crippen LogP contribution in [0.4, 0.5) is 5.69 Å². The molecule has 1 aliphatic rings. The van der Waals surface area contributed by atoms with Gasteiger partial charge in [0.25, 0.3) is 5.91 Å². The van der Waals surface area contributed by atoms with E-state index in [1.165, 1.54) is 5.56 Å². The first-order valence-corrected chi connectivity index (χ1v) is 7.87. The Morgan fingerprint density at radius 1 is 1.13 bits per heavy atom. The molecule has 1 amide bonds. The number of hydrogen-bond donors (Lipinski definition) is 2.